The zero-order chi connectivity index (χ0) is 20.2. The third-order valence-corrected chi connectivity index (χ3v) is 5.46. The number of anilines is 2. The third-order valence-electron chi connectivity index (χ3n) is 4.57. The number of benzene rings is 3. The highest BCUT2D eigenvalue weighted by atomic mass is 32.1. The molecule has 0 bridgehead atoms. The number of carbonyl (C=O) groups excluding carboxylic acids is 1. The van der Waals surface area contributed by atoms with Gasteiger partial charge in [-0.05, 0) is 37.6 Å². The average molecular weight is 400 g/mol. The van der Waals surface area contributed by atoms with Gasteiger partial charge in [-0.15, -0.1) is 11.3 Å². The highest BCUT2D eigenvalue weighted by Crippen LogP contribution is 2.30. The Morgan fingerprint density at radius 3 is 2.45 bits per heavy atom. The van der Waals surface area contributed by atoms with E-state index in [2.05, 4.69) is 22.8 Å². The minimum Gasteiger partial charge on any atom is -0.308 e. The molecule has 0 saturated carbocycles. The first-order valence-electron chi connectivity index (χ1n) is 9.35. The lowest BCUT2D eigenvalue weighted by molar-refractivity contribution is 0.262. The van der Waals surface area contributed by atoms with Crippen LogP contribution in [0.4, 0.5) is 16.2 Å². The molecule has 4 rings (SSSR count). The van der Waals surface area contributed by atoms with Gasteiger partial charge in [-0.3, -0.25) is 0 Å². The Hall–Kier alpha value is -3.44. The number of hydrogen-bond acceptors (Lipinski definition) is 3. The van der Waals surface area contributed by atoms with Crippen molar-refractivity contribution in [2.75, 3.05) is 10.6 Å². The van der Waals surface area contributed by atoms with Crippen molar-refractivity contribution in [2.45, 2.75) is 13.8 Å². The van der Waals surface area contributed by atoms with Gasteiger partial charge in [0.25, 0.3) is 0 Å². The van der Waals surface area contributed by atoms with Gasteiger partial charge in [-0.2, -0.15) is 0 Å². The Morgan fingerprint density at radius 2 is 1.66 bits per heavy atom. The quantitative estimate of drug-likeness (QED) is 0.399. The van der Waals surface area contributed by atoms with Crippen molar-refractivity contribution in [1.29, 1.82) is 0 Å². The number of amides is 2. The summed E-state index contributed by atoms with van der Waals surface area (Å²) in [6, 6.07) is 23.5. The standard InChI is InChI=1S/C24H21N3OS/c1-16-11-12-21(17(2)13-16)27-24(28)25-20-10-6-9-19(14-20)22-15-29-23(26-22)18-7-4-3-5-8-18/h3-15H,1-2H3,(H2,25,27,28). The number of nitrogens with one attached hydrogen (secondary N) is 2. The zero-order valence-corrected chi connectivity index (χ0v) is 17.1. The van der Waals surface area contributed by atoms with E-state index in [1.54, 1.807) is 11.3 Å². The van der Waals surface area contributed by atoms with Crippen LogP contribution in [0.2, 0.25) is 0 Å². The highest BCUT2D eigenvalue weighted by Gasteiger charge is 2.09. The molecule has 4 nitrogen and oxygen atoms in total. The van der Waals surface area contributed by atoms with Crippen LogP contribution in [0.25, 0.3) is 21.8 Å². The second-order valence-electron chi connectivity index (χ2n) is 6.88. The fourth-order valence-electron chi connectivity index (χ4n) is 3.11. The summed E-state index contributed by atoms with van der Waals surface area (Å²) in [7, 11) is 0. The SMILES string of the molecule is Cc1ccc(NC(=O)Nc2cccc(-c3csc(-c4ccccc4)n3)c2)c(C)c1. The van der Waals surface area contributed by atoms with Crippen molar-refractivity contribution in [3.8, 4) is 21.8 Å². The fourth-order valence-corrected chi connectivity index (χ4v) is 3.95. The summed E-state index contributed by atoms with van der Waals surface area (Å²) in [5.74, 6) is 0. The Labute approximate surface area is 174 Å². The fraction of sp³-hybridized carbons (Fsp3) is 0.0833. The van der Waals surface area contributed by atoms with Crippen LogP contribution in [0, 0.1) is 13.8 Å². The predicted molar refractivity (Wildman–Crippen MR) is 122 cm³/mol. The van der Waals surface area contributed by atoms with E-state index in [9.17, 15) is 4.79 Å². The van der Waals surface area contributed by atoms with Crippen LogP contribution < -0.4 is 10.6 Å². The lowest BCUT2D eigenvalue weighted by atomic mass is 10.1. The average Bonchev–Trinajstić information content (AvgIpc) is 3.21. The minimum absolute atomic E-state index is 0.266. The van der Waals surface area contributed by atoms with E-state index in [1.165, 1.54) is 5.56 Å². The van der Waals surface area contributed by atoms with Crippen molar-refractivity contribution in [3.63, 3.8) is 0 Å². The molecule has 144 valence electrons. The Kier molecular flexibility index (Phi) is 5.40. The number of urea groups is 1. The van der Waals surface area contributed by atoms with Crippen LogP contribution in [0.1, 0.15) is 11.1 Å². The van der Waals surface area contributed by atoms with Crippen molar-refractivity contribution in [3.05, 3.63) is 89.3 Å². The first-order valence-corrected chi connectivity index (χ1v) is 10.2. The number of nitrogens with zero attached hydrogens (tertiary/aromatic N) is 1. The molecular formula is C24H21N3OS. The Morgan fingerprint density at radius 1 is 0.862 bits per heavy atom. The highest BCUT2D eigenvalue weighted by molar-refractivity contribution is 7.13. The topological polar surface area (TPSA) is 54.0 Å². The molecule has 5 heteroatoms. The van der Waals surface area contributed by atoms with Gasteiger partial charge < -0.3 is 10.6 Å². The lowest BCUT2D eigenvalue weighted by Crippen LogP contribution is -2.20. The van der Waals surface area contributed by atoms with Crippen LogP contribution in [0.3, 0.4) is 0 Å². The number of thiazole rings is 1. The second kappa shape index (κ2) is 8.29. The lowest BCUT2D eigenvalue weighted by Gasteiger charge is -2.11. The van der Waals surface area contributed by atoms with Crippen molar-refractivity contribution < 1.29 is 4.79 Å². The second-order valence-corrected chi connectivity index (χ2v) is 7.74. The molecule has 1 heterocycles. The van der Waals surface area contributed by atoms with Crippen LogP contribution >= 0.6 is 11.3 Å². The van der Waals surface area contributed by atoms with Crippen LogP contribution in [0.15, 0.2) is 78.2 Å². The van der Waals surface area contributed by atoms with Crippen LogP contribution in [-0.2, 0) is 0 Å². The number of aryl methyl sites for hydroxylation is 2. The smallest absolute Gasteiger partial charge is 0.308 e. The normalized spacial score (nSPS) is 10.6. The molecule has 2 N–H and O–H groups in total. The summed E-state index contributed by atoms with van der Waals surface area (Å²) >= 11 is 1.61. The molecule has 0 aliphatic heterocycles. The van der Waals surface area contributed by atoms with E-state index in [1.807, 2.05) is 79.9 Å². The van der Waals surface area contributed by atoms with Crippen molar-refractivity contribution >= 4 is 28.7 Å². The van der Waals surface area contributed by atoms with Crippen molar-refractivity contribution in [1.82, 2.24) is 4.98 Å². The number of rotatable bonds is 4. The maximum atomic E-state index is 12.4. The van der Waals surface area contributed by atoms with Gasteiger partial charge in [-0.25, -0.2) is 9.78 Å². The van der Waals surface area contributed by atoms with Crippen LogP contribution in [0.5, 0.6) is 0 Å². The first-order chi connectivity index (χ1) is 14.1. The number of aromatic nitrogens is 1. The largest absolute Gasteiger partial charge is 0.323 e. The first kappa shape index (κ1) is 18.9. The molecule has 3 aromatic carbocycles. The molecule has 4 aromatic rings. The zero-order valence-electron chi connectivity index (χ0n) is 16.3. The Balaban J connectivity index is 1.49. The molecule has 0 unspecified atom stereocenters. The van der Waals surface area contributed by atoms with E-state index in [0.717, 1.165) is 38.8 Å². The van der Waals surface area contributed by atoms with E-state index < -0.39 is 0 Å². The van der Waals surface area contributed by atoms with E-state index in [4.69, 9.17) is 4.98 Å². The van der Waals surface area contributed by atoms with E-state index in [0.29, 0.717) is 0 Å². The molecule has 0 aliphatic carbocycles. The van der Waals surface area contributed by atoms with Gasteiger partial charge in [0.2, 0.25) is 0 Å². The summed E-state index contributed by atoms with van der Waals surface area (Å²) in [5, 5.41) is 8.83. The van der Waals surface area contributed by atoms with Gasteiger partial charge >= 0.3 is 6.03 Å². The molecule has 1 aromatic heterocycles. The number of hydrogen-bond donors (Lipinski definition) is 2. The predicted octanol–water partition coefficient (Wildman–Crippen LogP) is 6.74. The molecule has 0 atom stereocenters. The van der Waals surface area contributed by atoms with E-state index in [-0.39, 0.29) is 6.03 Å². The molecule has 0 radical (unpaired) electrons. The Bertz CT molecular complexity index is 1150. The monoisotopic (exact) mass is 399 g/mol. The molecule has 29 heavy (non-hydrogen) atoms. The maximum absolute atomic E-state index is 12.4. The summed E-state index contributed by atoms with van der Waals surface area (Å²) in [6.07, 6.45) is 0. The van der Waals surface area contributed by atoms with Crippen molar-refractivity contribution in [2.24, 2.45) is 0 Å². The maximum Gasteiger partial charge on any atom is 0.323 e. The summed E-state index contributed by atoms with van der Waals surface area (Å²) in [4.78, 5) is 17.2. The molecule has 0 aliphatic rings. The summed E-state index contributed by atoms with van der Waals surface area (Å²) in [6.45, 7) is 4.01. The third kappa shape index (κ3) is 4.52. The molecule has 2 amide bonds. The van der Waals surface area contributed by atoms with Crippen LogP contribution in [-0.4, -0.2) is 11.0 Å². The number of carbonyl (C=O) groups is 1. The van der Waals surface area contributed by atoms with Gasteiger partial charge in [0.15, 0.2) is 0 Å². The molecule has 0 saturated heterocycles. The summed E-state index contributed by atoms with van der Waals surface area (Å²) < 4.78 is 0. The van der Waals surface area contributed by atoms with E-state index >= 15 is 0 Å². The van der Waals surface area contributed by atoms with Gasteiger partial charge in [-0.1, -0.05) is 60.2 Å². The minimum atomic E-state index is -0.266. The van der Waals surface area contributed by atoms with Gasteiger partial charge in [0.1, 0.15) is 5.01 Å². The molecule has 0 fully saturated rings. The van der Waals surface area contributed by atoms with Gasteiger partial charge in [0.05, 0.1) is 5.69 Å². The molecular weight excluding hydrogens is 378 g/mol. The van der Waals surface area contributed by atoms with Gasteiger partial charge in [0, 0.05) is 27.9 Å². The molecule has 0 spiro atoms. The summed E-state index contributed by atoms with van der Waals surface area (Å²) in [5.41, 5.74) is 6.69.